The van der Waals surface area contributed by atoms with Gasteiger partial charge < -0.3 is 19.5 Å². The largest absolute Gasteiger partial charge is 0.459 e. The number of aromatic nitrogens is 1. The van der Waals surface area contributed by atoms with Crippen molar-refractivity contribution in [1.29, 1.82) is 0 Å². The van der Waals surface area contributed by atoms with Crippen molar-refractivity contribution >= 4 is 23.2 Å². The van der Waals surface area contributed by atoms with Crippen LogP contribution in [-0.4, -0.2) is 52.8 Å². The van der Waals surface area contributed by atoms with Crippen LogP contribution in [0, 0.1) is 5.82 Å². The molecule has 29 heavy (non-hydrogen) atoms. The molecule has 0 radical (unpaired) electrons. The van der Waals surface area contributed by atoms with Gasteiger partial charge in [0.15, 0.2) is 5.76 Å². The van der Waals surface area contributed by atoms with Gasteiger partial charge in [-0.15, -0.1) is 0 Å². The second-order valence-electron chi connectivity index (χ2n) is 6.63. The molecule has 7 nitrogen and oxygen atoms in total. The van der Waals surface area contributed by atoms with Crippen LogP contribution in [0.5, 0.6) is 0 Å². The number of hydrogen-bond donors (Lipinski definition) is 1. The molecule has 148 valence electrons. The summed E-state index contributed by atoms with van der Waals surface area (Å²) >= 11 is 0. The highest BCUT2D eigenvalue weighted by Gasteiger charge is 2.27. The molecular weight excluding hydrogens is 375 g/mol. The first kappa shape index (κ1) is 18.7. The van der Waals surface area contributed by atoms with Gasteiger partial charge in [0.1, 0.15) is 11.5 Å². The lowest BCUT2D eigenvalue weighted by atomic mass is 10.2. The molecule has 3 heterocycles. The molecule has 1 N–H and O–H groups in total. The topological polar surface area (TPSA) is 78.7 Å². The Labute approximate surface area is 166 Å². The normalized spacial score (nSPS) is 14.0. The van der Waals surface area contributed by atoms with Crippen LogP contribution in [0.25, 0.3) is 0 Å². The Morgan fingerprint density at radius 1 is 0.931 bits per heavy atom. The summed E-state index contributed by atoms with van der Waals surface area (Å²) in [6, 6.07) is 12.7. The Morgan fingerprint density at radius 3 is 2.34 bits per heavy atom. The number of pyridine rings is 1. The first-order valence-electron chi connectivity index (χ1n) is 9.21. The van der Waals surface area contributed by atoms with Gasteiger partial charge in [-0.25, -0.2) is 4.39 Å². The van der Waals surface area contributed by atoms with E-state index in [1.807, 2.05) is 0 Å². The molecule has 4 rings (SSSR count). The second-order valence-corrected chi connectivity index (χ2v) is 6.63. The van der Waals surface area contributed by atoms with Gasteiger partial charge in [-0.05, 0) is 42.5 Å². The average Bonchev–Trinajstić information content (AvgIpc) is 3.28. The predicted octanol–water partition coefficient (Wildman–Crippen LogP) is 3.16. The Balaban J connectivity index is 1.39. The molecule has 1 aliphatic heterocycles. The summed E-state index contributed by atoms with van der Waals surface area (Å²) in [4.78, 5) is 32.6. The summed E-state index contributed by atoms with van der Waals surface area (Å²) < 4.78 is 18.5. The van der Waals surface area contributed by atoms with Crippen LogP contribution in [0.1, 0.15) is 21.0 Å². The third kappa shape index (κ3) is 4.26. The first-order valence-corrected chi connectivity index (χ1v) is 9.21. The molecule has 2 aromatic heterocycles. The molecule has 0 bridgehead atoms. The SMILES string of the molecule is O=C(c1cc(Nc2cccc(F)c2)ccn1)N1CCN(C(=O)c2ccco2)CC1. The first-order chi connectivity index (χ1) is 14.1. The molecule has 1 aromatic carbocycles. The minimum atomic E-state index is -0.345. The van der Waals surface area contributed by atoms with Crippen molar-refractivity contribution in [3.05, 3.63) is 78.3 Å². The average molecular weight is 394 g/mol. The van der Waals surface area contributed by atoms with E-state index in [9.17, 15) is 14.0 Å². The van der Waals surface area contributed by atoms with E-state index in [0.29, 0.717) is 43.3 Å². The molecule has 2 amide bonds. The van der Waals surface area contributed by atoms with Crippen molar-refractivity contribution < 1.29 is 18.4 Å². The maximum Gasteiger partial charge on any atom is 0.289 e. The minimum Gasteiger partial charge on any atom is -0.459 e. The number of nitrogens with zero attached hydrogens (tertiary/aromatic N) is 3. The lowest BCUT2D eigenvalue weighted by Crippen LogP contribution is -2.50. The van der Waals surface area contributed by atoms with E-state index in [4.69, 9.17) is 4.42 Å². The molecule has 1 saturated heterocycles. The zero-order valence-electron chi connectivity index (χ0n) is 15.5. The van der Waals surface area contributed by atoms with Crippen molar-refractivity contribution in [1.82, 2.24) is 14.8 Å². The van der Waals surface area contributed by atoms with Gasteiger partial charge in [-0.1, -0.05) is 6.07 Å². The molecule has 8 heteroatoms. The van der Waals surface area contributed by atoms with Crippen molar-refractivity contribution in [2.75, 3.05) is 31.5 Å². The maximum atomic E-state index is 13.4. The number of carbonyl (C=O) groups is 2. The highest BCUT2D eigenvalue weighted by atomic mass is 19.1. The van der Waals surface area contributed by atoms with Gasteiger partial charge in [-0.2, -0.15) is 0 Å². The Morgan fingerprint density at radius 2 is 1.66 bits per heavy atom. The molecular formula is C21H19FN4O3. The van der Waals surface area contributed by atoms with Gasteiger partial charge >= 0.3 is 0 Å². The van der Waals surface area contributed by atoms with Crippen molar-refractivity contribution in [2.24, 2.45) is 0 Å². The summed E-state index contributed by atoms with van der Waals surface area (Å²) in [5.74, 6) is -0.440. The van der Waals surface area contributed by atoms with E-state index >= 15 is 0 Å². The number of carbonyl (C=O) groups excluding carboxylic acids is 2. The Kier molecular flexibility index (Phi) is 5.24. The predicted molar refractivity (Wildman–Crippen MR) is 104 cm³/mol. The van der Waals surface area contributed by atoms with E-state index in [1.165, 1.54) is 24.6 Å². The van der Waals surface area contributed by atoms with Gasteiger partial charge in [0.05, 0.1) is 6.26 Å². The van der Waals surface area contributed by atoms with Crippen LogP contribution < -0.4 is 5.32 Å². The molecule has 1 aliphatic rings. The van der Waals surface area contributed by atoms with E-state index in [2.05, 4.69) is 10.3 Å². The number of furan rings is 1. The minimum absolute atomic E-state index is 0.179. The fourth-order valence-electron chi connectivity index (χ4n) is 3.19. The van der Waals surface area contributed by atoms with E-state index in [-0.39, 0.29) is 23.3 Å². The third-order valence-electron chi connectivity index (χ3n) is 4.68. The lowest BCUT2D eigenvalue weighted by molar-refractivity contribution is 0.0515. The van der Waals surface area contributed by atoms with Crippen LogP contribution in [-0.2, 0) is 0 Å². The lowest BCUT2D eigenvalue weighted by Gasteiger charge is -2.34. The van der Waals surface area contributed by atoms with Crippen molar-refractivity contribution in [2.45, 2.75) is 0 Å². The second kappa shape index (κ2) is 8.14. The van der Waals surface area contributed by atoms with Crippen LogP contribution in [0.3, 0.4) is 0 Å². The fraction of sp³-hybridized carbons (Fsp3) is 0.190. The van der Waals surface area contributed by atoms with Gasteiger partial charge in [0.25, 0.3) is 11.8 Å². The number of hydrogen-bond acceptors (Lipinski definition) is 5. The van der Waals surface area contributed by atoms with Crippen molar-refractivity contribution in [3.63, 3.8) is 0 Å². The molecule has 0 unspecified atom stereocenters. The molecule has 0 spiro atoms. The van der Waals surface area contributed by atoms with E-state index in [0.717, 1.165) is 0 Å². The fourth-order valence-corrected chi connectivity index (χ4v) is 3.19. The summed E-state index contributed by atoms with van der Waals surface area (Å²) in [7, 11) is 0. The molecule has 0 atom stereocenters. The maximum absolute atomic E-state index is 13.4. The number of amides is 2. The van der Waals surface area contributed by atoms with E-state index in [1.54, 1.807) is 46.2 Å². The number of anilines is 2. The van der Waals surface area contributed by atoms with Crippen LogP contribution in [0.15, 0.2) is 65.4 Å². The zero-order valence-corrected chi connectivity index (χ0v) is 15.5. The smallest absolute Gasteiger partial charge is 0.289 e. The quantitative estimate of drug-likeness (QED) is 0.735. The number of nitrogens with one attached hydrogen (secondary N) is 1. The molecule has 3 aromatic rings. The number of piperazine rings is 1. The molecule has 0 saturated carbocycles. The molecule has 0 aliphatic carbocycles. The highest BCUT2D eigenvalue weighted by Crippen LogP contribution is 2.19. The van der Waals surface area contributed by atoms with E-state index < -0.39 is 0 Å². The highest BCUT2D eigenvalue weighted by molar-refractivity contribution is 5.94. The van der Waals surface area contributed by atoms with Crippen LogP contribution in [0.4, 0.5) is 15.8 Å². The standard InChI is InChI=1S/C21H19FN4O3/c22-15-3-1-4-16(13-15)24-17-6-7-23-18(14-17)20(27)25-8-10-26(11-9-25)21(28)19-5-2-12-29-19/h1-7,12-14H,8-11H2,(H,23,24). The number of benzene rings is 1. The van der Waals surface area contributed by atoms with Gasteiger partial charge in [0, 0.05) is 43.8 Å². The van der Waals surface area contributed by atoms with Gasteiger partial charge in [0.2, 0.25) is 0 Å². The third-order valence-corrected chi connectivity index (χ3v) is 4.68. The Bertz CT molecular complexity index is 1010. The summed E-state index contributed by atoms with van der Waals surface area (Å²) in [5, 5.41) is 3.07. The van der Waals surface area contributed by atoms with Gasteiger partial charge in [-0.3, -0.25) is 14.6 Å². The van der Waals surface area contributed by atoms with Crippen molar-refractivity contribution in [3.8, 4) is 0 Å². The number of halogens is 1. The summed E-state index contributed by atoms with van der Waals surface area (Å²) in [6.07, 6.45) is 3.00. The van der Waals surface area contributed by atoms with Crippen LogP contribution in [0.2, 0.25) is 0 Å². The summed E-state index contributed by atoms with van der Waals surface area (Å²) in [6.45, 7) is 1.67. The Hall–Kier alpha value is -3.68. The zero-order chi connectivity index (χ0) is 20.2. The summed E-state index contributed by atoms with van der Waals surface area (Å²) in [5.41, 5.74) is 1.51. The van der Waals surface area contributed by atoms with Crippen LogP contribution >= 0.6 is 0 Å². The monoisotopic (exact) mass is 394 g/mol. The number of rotatable bonds is 4. The molecule has 1 fully saturated rings.